The SMILES string of the molecule is CC[C@@H](C)NC(=O)CSc1nc2sc3c(c2c(=O)n1C1CCCC1)CCCC3. The molecule has 0 spiro atoms. The van der Waals surface area contributed by atoms with Gasteiger partial charge in [0.15, 0.2) is 5.16 Å². The van der Waals surface area contributed by atoms with Crippen molar-refractivity contribution < 1.29 is 4.79 Å². The summed E-state index contributed by atoms with van der Waals surface area (Å²) in [6, 6.07) is 0.397. The van der Waals surface area contributed by atoms with Crippen LogP contribution in [0, 0.1) is 0 Å². The Bertz CT molecular complexity index is 928. The van der Waals surface area contributed by atoms with Gasteiger partial charge < -0.3 is 5.32 Å². The molecule has 1 N–H and O–H groups in total. The van der Waals surface area contributed by atoms with E-state index in [0.29, 0.717) is 5.75 Å². The van der Waals surface area contributed by atoms with Crippen LogP contribution in [-0.4, -0.2) is 27.3 Å². The number of carbonyl (C=O) groups excluding carboxylic acids is 1. The lowest BCUT2D eigenvalue weighted by Gasteiger charge is -2.18. The molecule has 7 heteroatoms. The molecule has 2 heterocycles. The van der Waals surface area contributed by atoms with Gasteiger partial charge in [0.1, 0.15) is 4.83 Å². The third kappa shape index (κ3) is 3.88. The molecule has 0 bridgehead atoms. The summed E-state index contributed by atoms with van der Waals surface area (Å²) in [4.78, 5) is 33.0. The first kappa shape index (κ1) is 20.0. The molecule has 0 radical (unpaired) electrons. The van der Waals surface area contributed by atoms with Crippen molar-refractivity contribution in [1.29, 1.82) is 0 Å². The molecule has 1 saturated carbocycles. The zero-order valence-electron chi connectivity index (χ0n) is 16.8. The van der Waals surface area contributed by atoms with E-state index in [4.69, 9.17) is 4.98 Å². The van der Waals surface area contributed by atoms with Gasteiger partial charge in [-0.2, -0.15) is 0 Å². The summed E-state index contributed by atoms with van der Waals surface area (Å²) in [6.45, 7) is 4.07. The lowest BCUT2D eigenvalue weighted by Crippen LogP contribution is -2.33. The normalized spacial score (nSPS) is 18.4. The van der Waals surface area contributed by atoms with Crippen LogP contribution in [-0.2, 0) is 17.6 Å². The van der Waals surface area contributed by atoms with Crippen LogP contribution in [0.1, 0.15) is 75.3 Å². The highest BCUT2D eigenvalue weighted by atomic mass is 32.2. The minimum atomic E-state index is 0.0112. The quantitative estimate of drug-likeness (QED) is 0.555. The molecule has 0 aromatic carbocycles. The molecule has 2 aliphatic rings. The number of aryl methyl sites for hydroxylation is 2. The molecular weight excluding hydrogens is 390 g/mol. The second kappa shape index (κ2) is 8.57. The number of thiophene rings is 1. The molecule has 5 nitrogen and oxygen atoms in total. The van der Waals surface area contributed by atoms with Gasteiger partial charge in [0, 0.05) is 17.0 Å². The molecule has 4 rings (SSSR count). The summed E-state index contributed by atoms with van der Waals surface area (Å²) in [7, 11) is 0. The Hall–Kier alpha value is -1.34. The Labute approximate surface area is 174 Å². The molecule has 28 heavy (non-hydrogen) atoms. The number of rotatable bonds is 6. The Balaban J connectivity index is 1.71. The average Bonchev–Trinajstić information content (AvgIpc) is 3.33. The first-order valence-electron chi connectivity index (χ1n) is 10.6. The van der Waals surface area contributed by atoms with Crippen LogP contribution in [0.5, 0.6) is 0 Å². The van der Waals surface area contributed by atoms with Crippen LogP contribution in [0.3, 0.4) is 0 Å². The first-order valence-corrected chi connectivity index (χ1v) is 12.4. The molecule has 2 aromatic heterocycles. The maximum Gasteiger partial charge on any atom is 0.263 e. The lowest BCUT2D eigenvalue weighted by molar-refractivity contribution is -0.119. The minimum absolute atomic E-state index is 0.0112. The lowest BCUT2D eigenvalue weighted by atomic mass is 9.97. The molecular formula is C21H29N3O2S2. The van der Waals surface area contributed by atoms with Crippen LogP contribution in [0.25, 0.3) is 10.2 Å². The van der Waals surface area contributed by atoms with Crippen LogP contribution in [0.2, 0.25) is 0 Å². The topological polar surface area (TPSA) is 64.0 Å². The molecule has 2 aromatic rings. The number of nitrogens with zero attached hydrogens (tertiary/aromatic N) is 2. The molecule has 1 amide bonds. The van der Waals surface area contributed by atoms with Crippen molar-refractivity contribution in [2.45, 2.75) is 88.9 Å². The van der Waals surface area contributed by atoms with Gasteiger partial charge in [0.05, 0.1) is 11.1 Å². The van der Waals surface area contributed by atoms with E-state index in [9.17, 15) is 9.59 Å². The number of aromatic nitrogens is 2. The largest absolute Gasteiger partial charge is 0.353 e. The molecule has 1 fully saturated rings. The fourth-order valence-corrected chi connectivity index (χ4v) is 6.51. The third-order valence-corrected chi connectivity index (χ3v) is 8.17. The molecule has 0 saturated heterocycles. The van der Waals surface area contributed by atoms with Crippen molar-refractivity contribution in [3.63, 3.8) is 0 Å². The number of carbonyl (C=O) groups is 1. The van der Waals surface area contributed by atoms with E-state index >= 15 is 0 Å². The van der Waals surface area contributed by atoms with Crippen molar-refractivity contribution in [3.05, 3.63) is 20.8 Å². The van der Waals surface area contributed by atoms with Gasteiger partial charge in [-0.15, -0.1) is 11.3 Å². The summed E-state index contributed by atoms with van der Waals surface area (Å²) in [5.41, 5.74) is 1.38. The van der Waals surface area contributed by atoms with Gasteiger partial charge in [-0.1, -0.05) is 31.5 Å². The Kier molecular flexibility index (Phi) is 6.11. The number of hydrogen-bond acceptors (Lipinski definition) is 5. The Morgan fingerprint density at radius 3 is 2.79 bits per heavy atom. The number of hydrogen-bond donors (Lipinski definition) is 1. The van der Waals surface area contributed by atoms with Gasteiger partial charge >= 0.3 is 0 Å². The highest BCUT2D eigenvalue weighted by Gasteiger charge is 2.27. The van der Waals surface area contributed by atoms with Gasteiger partial charge in [0.2, 0.25) is 5.91 Å². The first-order chi connectivity index (χ1) is 13.6. The summed E-state index contributed by atoms with van der Waals surface area (Å²) in [6.07, 6.45) is 9.74. The summed E-state index contributed by atoms with van der Waals surface area (Å²) < 4.78 is 1.93. The molecule has 0 unspecified atom stereocenters. The monoisotopic (exact) mass is 419 g/mol. The van der Waals surface area contributed by atoms with E-state index in [1.807, 2.05) is 11.5 Å². The van der Waals surface area contributed by atoms with Crippen molar-refractivity contribution in [2.24, 2.45) is 0 Å². The average molecular weight is 420 g/mol. The molecule has 1 atom stereocenters. The number of thioether (sulfide) groups is 1. The Morgan fingerprint density at radius 1 is 1.29 bits per heavy atom. The van der Waals surface area contributed by atoms with Gasteiger partial charge in [-0.25, -0.2) is 4.98 Å². The highest BCUT2D eigenvalue weighted by molar-refractivity contribution is 7.99. The van der Waals surface area contributed by atoms with E-state index in [2.05, 4.69) is 12.2 Å². The summed E-state index contributed by atoms with van der Waals surface area (Å²) in [5.74, 6) is 0.317. The number of fused-ring (bicyclic) bond motifs is 3. The van der Waals surface area contributed by atoms with Crippen LogP contribution >= 0.6 is 23.1 Å². The van der Waals surface area contributed by atoms with E-state index in [0.717, 1.165) is 66.7 Å². The number of amides is 1. The Morgan fingerprint density at radius 2 is 2.04 bits per heavy atom. The maximum atomic E-state index is 13.6. The van der Waals surface area contributed by atoms with Crippen molar-refractivity contribution in [3.8, 4) is 0 Å². The third-order valence-electron chi connectivity index (χ3n) is 6.03. The minimum Gasteiger partial charge on any atom is -0.353 e. The predicted octanol–water partition coefficient (Wildman–Crippen LogP) is 4.46. The zero-order chi connectivity index (χ0) is 19.7. The van der Waals surface area contributed by atoms with E-state index in [1.54, 1.807) is 11.3 Å². The van der Waals surface area contributed by atoms with E-state index in [-0.39, 0.29) is 23.6 Å². The van der Waals surface area contributed by atoms with Gasteiger partial charge in [-0.05, 0) is 57.4 Å². The second-order valence-electron chi connectivity index (χ2n) is 8.06. The maximum absolute atomic E-state index is 13.6. The second-order valence-corrected chi connectivity index (χ2v) is 10.1. The van der Waals surface area contributed by atoms with Crippen LogP contribution < -0.4 is 10.9 Å². The predicted molar refractivity (Wildman–Crippen MR) is 117 cm³/mol. The summed E-state index contributed by atoms with van der Waals surface area (Å²) in [5, 5.41) is 4.59. The standard InChI is InChI=1S/C21H29N3O2S2/c1-3-13(2)22-17(25)12-27-21-23-19-18(15-10-6-7-11-16(15)28-19)20(26)24(21)14-8-4-5-9-14/h13-14H,3-12H2,1-2H3,(H,22,25)/t13-/m1/s1. The molecule has 2 aliphatic carbocycles. The highest BCUT2D eigenvalue weighted by Crippen LogP contribution is 2.37. The van der Waals surface area contributed by atoms with E-state index < -0.39 is 0 Å². The van der Waals surface area contributed by atoms with Crippen LogP contribution in [0.4, 0.5) is 0 Å². The van der Waals surface area contributed by atoms with Crippen molar-refractivity contribution in [1.82, 2.24) is 14.9 Å². The smallest absolute Gasteiger partial charge is 0.263 e. The fraction of sp³-hybridized carbons (Fsp3) is 0.667. The van der Waals surface area contributed by atoms with Gasteiger partial charge in [0.25, 0.3) is 5.56 Å². The van der Waals surface area contributed by atoms with Crippen molar-refractivity contribution >= 4 is 39.2 Å². The molecule has 152 valence electrons. The van der Waals surface area contributed by atoms with Crippen molar-refractivity contribution in [2.75, 3.05) is 5.75 Å². The fourth-order valence-electron chi connectivity index (χ4n) is 4.33. The van der Waals surface area contributed by atoms with Gasteiger partial charge in [-0.3, -0.25) is 14.2 Å². The molecule has 0 aliphatic heterocycles. The van der Waals surface area contributed by atoms with Crippen LogP contribution in [0.15, 0.2) is 9.95 Å². The number of nitrogens with one attached hydrogen (secondary N) is 1. The van der Waals surface area contributed by atoms with E-state index in [1.165, 1.54) is 28.6 Å². The summed E-state index contributed by atoms with van der Waals surface area (Å²) >= 11 is 3.11. The zero-order valence-corrected chi connectivity index (χ0v) is 18.4.